The van der Waals surface area contributed by atoms with Gasteiger partial charge in [0.2, 0.25) is 5.91 Å². The van der Waals surface area contributed by atoms with Crippen molar-refractivity contribution in [2.45, 2.75) is 45.9 Å². The Labute approximate surface area is 120 Å². The van der Waals surface area contributed by atoms with Gasteiger partial charge in [0.05, 0.1) is 25.2 Å². The zero-order valence-electron chi connectivity index (χ0n) is 12.7. The van der Waals surface area contributed by atoms with Crippen LogP contribution < -0.4 is 5.73 Å². The maximum atomic E-state index is 12.2. The number of hydrogen-bond donors (Lipinski definition) is 1. The average Bonchev–Trinajstić information content (AvgIpc) is 2.41. The lowest BCUT2D eigenvalue weighted by atomic mass is 9.98. The molecule has 0 radical (unpaired) electrons. The third-order valence-corrected chi connectivity index (χ3v) is 3.89. The van der Waals surface area contributed by atoms with E-state index in [1.165, 1.54) is 16.7 Å². The van der Waals surface area contributed by atoms with E-state index < -0.39 is 6.04 Å². The first-order valence-electron chi connectivity index (χ1n) is 7.15. The zero-order chi connectivity index (χ0) is 14.9. The van der Waals surface area contributed by atoms with Gasteiger partial charge in [0, 0.05) is 0 Å². The Morgan fingerprint density at radius 3 is 2.80 bits per heavy atom. The molecule has 1 saturated heterocycles. The number of nitrogens with two attached hydrogens (primary N) is 1. The standard InChI is InChI=1S/C16H24N2O2/c1-10-5-6-11(2)14(7-10)15-8-18(12(3)9-20-15)16(19)13(4)17/h5-7,12-13,15H,8-9,17H2,1-4H3/t12?,13-,15?/m0/s1. The summed E-state index contributed by atoms with van der Waals surface area (Å²) in [6.45, 7) is 9.01. The van der Waals surface area contributed by atoms with Gasteiger partial charge in [-0.25, -0.2) is 0 Å². The topological polar surface area (TPSA) is 55.6 Å². The highest BCUT2D eigenvalue weighted by molar-refractivity contribution is 5.81. The Hall–Kier alpha value is -1.39. The summed E-state index contributed by atoms with van der Waals surface area (Å²) < 4.78 is 5.94. The van der Waals surface area contributed by atoms with E-state index in [-0.39, 0.29) is 18.1 Å². The van der Waals surface area contributed by atoms with Crippen molar-refractivity contribution in [2.75, 3.05) is 13.2 Å². The number of amides is 1. The first-order chi connectivity index (χ1) is 9.40. The highest BCUT2D eigenvalue weighted by Crippen LogP contribution is 2.28. The van der Waals surface area contributed by atoms with Crippen molar-refractivity contribution in [3.63, 3.8) is 0 Å². The monoisotopic (exact) mass is 276 g/mol. The molecular formula is C16H24N2O2. The summed E-state index contributed by atoms with van der Waals surface area (Å²) >= 11 is 0. The smallest absolute Gasteiger partial charge is 0.239 e. The SMILES string of the molecule is Cc1ccc(C)c(C2CN(C(=O)[C@H](C)N)C(C)CO2)c1. The van der Waals surface area contributed by atoms with Crippen LogP contribution in [0.5, 0.6) is 0 Å². The second-order valence-corrected chi connectivity index (χ2v) is 5.81. The quantitative estimate of drug-likeness (QED) is 0.898. The van der Waals surface area contributed by atoms with Gasteiger partial charge in [-0.2, -0.15) is 0 Å². The highest BCUT2D eigenvalue weighted by Gasteiger charge is 2.32. The van der Waals surface area contributed by atoms with Gasteiger partial charge in [-0.1, -0.05) is 23.8 Å². The zero-order valence-corrected chi connectivity index (χ0v) is 12.7. The molecule has 1 heterocycles. The predicted molar refractivity (Wildman–Crippen MR) is 79.4 cm³/mol. The van der Waals surface area contributed by atoms with Crippen molar-refractivity contribution < 1.29 is 9.53 Å². The lowest BCUT2D eigenvalue weighted by Gasteiger charge is -2.39. The fourth-order valence-electron chi connectivity index (χ4n) is 2.62. The molecule has 1 aliphatic rings. The van der Waals surface area contributed by atoms with Crippen molar-refractivity contribution in [1.82, 2.24) is 4.90 Å². The number of rotatable bonds is 2. The van der Waals surface area contributed by atoms with E-state index in [0.717, 1.165) is 0 Å². The fourth-order valence-corrected chi connectivity index (χ4v) is 2.62. The number of morpholine rings is 1. The Morgan fingerprint density at radius 1 is 1.45 bits per heavy atom. The second kappa shape index (κ2) is 5.94. The number of ether oxygens (including phenoxy) is 1. The van der Waals surface area contributed by atoms with Gasteiger partial charge in [-0.15, -0.1) is 0 Å². The molecule has 0 aliphatic carbocycles. The molecule has 1 fully saturated rings. The van der Waals surface area contributed by atoms with Crippen LogP contribution in [-0.2, 0) is 9.53 Å². The molecule has 110 valence electrons. The summed E-state index contributed by atoms with van der Waals surface area (Å²) in [5.74, 6) is -0.00361. The summed E-state index contributed by atoms with van der Waals surface area (Å²) in [5, 5.41) is 0. The van der Waals surface area contributed by atoms with Crippen LogP contribution in [0.1, 0.15) is 36.6 Å². The molecule has 2 unspecified atom stereocenters. The summed E-state index contributed by atoms with van der Waals surface area (Å²) in [6, 6.07) is 5.95. The van der Waals surface area contributed by atoms with Crippen LogP contribution in [0.4, 0.5) is 0 Å². The Bertz CT molecular complexity index is 499. The van der Waals surface area contributed by atoms with Gasteiger partial charge in [0.25, 0.3) is 0 Å². The molecule has 3 atom stereocenters. The average molecular weight is 276 g/mol. The van der Waals surface area contributed by atoms with Gasteiger partial charge >= 0.3 is 0 Å². The molecule has 1 aromatic carbocycles. The van der Waals surface area contributed by atoms with Crippen molar-refractivity contribution >= 4 is 5.91 Å². The Balaban J connectivity index is 2.22. The molecule has 20 heavy (non-hydrogen) atoms. The van der Waals surface area contributed by atoms with E-state index in [0.29, 0.717) is 13.2 Å². The van der Waals surface area contributed by atoms with Crippen LogP contribution in [0, 0.1) is 13.8 Å². The Kier molecular flexibility index (Phi) is 4.45. The van der Waals surface area contributed by atoms with Crippen molar-refractivity contribution in [3.05, 3.63) is 34.9 Å². The summed E-state index contributed by atoms with van der Waals surface area (Å²) in [4.78, 5) is 14.0. The summed E-state index contributed by atoms with van der Waals surface area (Å²) in [5.41, 5.74) is 9.31. The van der Waals surface area contributed by atoms with Crippen LogP contribution >= 0.6 is 0 Å². The van der Waals surface area contributed by atoms with Crippen LogP contribution in [0.15, 0.2) is 18.2 Å². The van der Waals surface area contributed by atoms with Crippen LogP contribution in [0.3, 0.4) is 0 Å². The van der Waals surface area contributed by atoms with Crippen LogP contribution in [0.25, 0.3) is 0 Å². The van der Waals surface area contributed by atoms with Crippen LogP contribution in [0.2, 0.25) is 0 Å². The molecule has 0 saturated carbocycles. The van der Waals surface area contributed by atoms with Crippen molar-refractivity contribution in [3.8, 4) is 0 Å². The third-order valence-electron chi connectivity index (χ3n) is 3.89. The first kappa shape index (κ1) is 15.0. The first-order valence-corrected chi connectivity index (χ1v) is 7.15. The Morgan fingerprint density at radius 2 is 2.15 bits per heavy atom. The van der Waals surface area contributed by atoms with E-state index in [1.807, 2.05) is 11.8 Å². The number of carbonyl (C=O) groups excluding carboxylic acids is 1. The molecule has 2 rings (SSSR count). The molecule has 1 aromatic rings. The molecule has 4 nitrogen and oxygen atoms in total. The molecule has 1 aliphatic heterocycles. The lowest BCUT2D eigenvalue weighted by Crippen LogP contribution is -2.52. The molecule has 2 N–H and O–H groups in total. The third kappa shape index (κ3) is 3.02. The molecule has 4 heteroatoms. The molecular weight excluding hydrogens is 252 g/mol. The van der Waals surface area contributed by atoms with Crippen molar-refractivity contribution in [1.29, 1.82) is 0 Å². The second-order valence-electron chi connectivity index (χ2n) is 5.81. The maximum Gasteiger partial charge on any atom is 0.239 e. The lowest BCUT2D eigenvalue weighted by molar-refractivity contribution is -0.145. The van der Waals surface area contributed by atoms with Crippen molar-refractivity contribution in [2.24, 2.45) is 5.73 Å². The number of nitrogens with zero attached hydrogens (tertiary/aromatic N) is 1. The number of benzene rings is 1. The number of hydrogen-bond acceptors (Lipinski definition) is 3. The molecule has 0 spiro atoms. The van der Waals surface area contributed by atoms with E-state index in [1.54, 1.807) is 6.92 Å². The highest BCUT2D eigenvalue weighted by atomic mass is 16.5. The minimum absolute atomic E-state index is 0.00361. The maximum absolute atomic E-state index is 12.2. The predicted octanol–water partition coefficient (Wildman–Crippen LogP) is 1.94. The van der Waals surface area contributed by atoms with E-state index in [9.17, 15) is 4.79 Å². The van der Waals surface area contributed by atoms with Gasteiger partial charge in [0.15, 0.2) is 0 Å². The van der Waals surface area contributed by atoms with E-state index >= 15 is 0 Å². The fraction of sp³-hybridized carbons (Fsp3) is 0.562. The minimum atomic E-state index is -0.463. The number of carbonyl (C=O) groups is 1. The van der Waals surface area contributed by atoms with E-state index in [2.05, 4.69) is 32.0 Å². The van der Waals surface area contributed by atoms with Crippen LogP contribution in [-0.4, -0.2) is 36.0 Å². The minimum Gasteiger partial charge on any atom is -0.370 e. The normalized spacial score (nSPS) is 24.6. The van der Waals surface area contributed by atoms with Gasteiger partial charge in [0.1, 0.15) is 6.10 Å². The largest absolute Gasteiger partial charge is 0.370 e. The van der Waals surface area contributed by atoms with Gasteiger partial charge in [-0.05, 0) is 38.8 Å². The van der Waals surface area contributed by atoms with Gasteiger partial charge < -0.3 is 15.4 Å². The molecule has 1 amide bonds. The summed E-state index contributed by atoms with van der Waals surface area (Å²) in [6.07, 6.45) is -0.0613. The summed E-state index contributed by atoms with van der Waals surface area (Å²) in [7, 11) is 0. The van der Waals surface area contributed by atoms with E-state index in [4.69, 9.17) is 10.5 Å². The molecule has 0 aromatic heterocycles. The van der Waals surface area contributed by atoms with Gasteiger partial charge in [-0.3, -0.25) is 4.79 Å². The molecule has 0 bridgehead atoms. The number of aryl methyl sites for hydroxylation is 2.